The van der Waals surface area contributed by atoms with E-state index in [1.54, 1.807) is 13.0 Å². The first kappa shape index (κ1) is 24.9. The van der Waals surface area contributed by atoms with Crippen molar-refractivity contribution in [3.05, 3.63) is 29.8 Å². The van der Waals surface area contributed by atoms with E-state index in [2.05, 4.69) is 5.32 Å². The number of amides is 2. The summed E-state index contributed by atoms with van der Waals surface area (Å²) in [7, 11) is 0. The van der Waals surface area contributed by atoms with Gasteiger partial charge in [0.15, 0.2) is 5.12 Å². The van der Waals surface area contributed by atoms with Crippen molar-refractivity contribution in [1.82, 2.24) is 5.32 Å². The summed E-state index contributed by atoms with van der Waals surface area (Å²) < 4.78 is 5.04. The summed E-state index contributed by atoms with van der Waals surface area (Å²) >= 11 is 0.995. The highest BCUT2D eigenvalue weighted by atomic mass is 32.2. The van der Waals surface area contributed by atoms with E-state index in [1.165, 1.54) is 11.8 Å². The molecule has 1 heterocycles. The van der Waals surface area contributed by atoms with E-state index in [0.717, 1.165) is 17.3 Å². The fourth-order valence-corrected chi connectivity index (χ4v) is 4.59. The lowest BCUT2D eigenvalue weighted by molar-refractivity contribution is -0.142. The molecule has 7 nitrogen and oxygen atoms in total. The Hall–Kier alpha value is -2.35. The number of nitrogens with one attached hydrogen (secondary N) is 1. The van der Waals surface area contributed by atoms with E-state index in [1.807, 2.05) is 39.0 Å². The van der Waals surface area contributed by atoms with Crippen LogP contribution in [0.5, 0.6) is 0 Å². The lowest BCUT2D eigenvalue weighted by Gasteiger charge is -2.28. The Kier molecular flexibility index (Phi) is 9.10. The van der Waals surface area contributed by atoms with Gasteiger partial charge in [-0.15, -0.1) is 0 Å². The first-order valence-corrected chi connectivity index (χ1v) is 11.6. The van der Waals surface area contributed by atoms with Gasteiger partial charge in [0.2, 0.25) is 11.8 Å². The number of esters is 1. The molecule has 1 N–H and O–H groups in total. The topological polar surface area (TPSA) is 92.8 Å². The SMILES string of the molecule is CCOC(=O)CN1C(=O)[C@@H](NC(=O)[C@@H](SC(C)=O)[C@@H](C)C(C)C)CCc2ccccc21. The van der Waals surface area contributed by atoms with E-state index in [0.29, 0.717) is 18.5 Å². The molecular weight excluding hydrogens is 416 g/mol. The maximum Gasteiger partial charge on any atom is 0.326 e. The van der Waals surface area contributed by atoms with Crippen molar-refractivity contribution in [2.24, 2.45) is 11.8 Å². The Bertz CT molecular complexity index is 826. The number of thioether (sulfide) groups is 1. The number of benzene rings is 1. The minimum atomic E-state index is -0.788. The maximum absolute atomic E-state index is 13.4. The Morgan fingerprint density at radius 1 is 1.23 bits per heavy atom. The average Bonchev–Trinajstić information content (AvgIpc) is 2.83. The van der Waals surface area contributed by atoms with Crippen molar-refractivity contribution in [3.8, 4) is 0 Å². The molecule has 2 amide bonds. The number of para-hydroxylation sites is 1. The molecule has 1 aliphatic heterocycles. The van der Waals surface area contributed by atoms with Gasteiger partial charge in [0.1, 0.15) is 12.6 Å². The quantitative estimate of drug-likeness (QED) is 0.615. The minimum Gasteiger partial charge on any atom is -0.465 e. The normalized spacial score (nSPS) is 18.1. The van der Waals surface area contributed by atoms with Crippen molar-refractivity contribution in [2.75, 3.05) is 18.1 Å². The van der Waals surface area contributed by atoms with Crippen LogP contribution in [0.2, 0.25) is 0 Å². The summed E-state index contributed by atoms with van der Waals surface area (Å²) in [4.78, 5) is 51.8. The molecule has 0 saturated heterocycles. The molecule has 1 aliphatic rings. The average molecular weight is 449 g/mol. The first-order chi connectivity index (χ1) is 14.6. The van der Waals surface area contributed by atoms with Crippen molar-refractivity contribution in [3.63, 3.8) is 0 Å². The third-order valence-electron chi connectivity index (χ3n) is 5.54. The van der Waals surface area contributed by atoms with E-state index < -0.39 is 17.3 Å². The molecule has 0 unspecified atom stereocenters. The zero-order valence-electron chi connectivity index (χ0n) is 18.8. The molecule has 1 aromatic rings. The summed E-state index contributed by atoms with van der Waals surface area (Å²) in [5.41, 5.74) is 1.59. The molecule has 31 heavy (non-hydrogen) atoms. The first-order valence-electron chi connectivity index (χ1n) is 10.7. The molecular formula is C23H32N2O5S. The number of fused-ring (bicyclic) bond motifs is 1. The van der Waals surface area contributed by atoms with Gasteiger partial charge in [-0.3, -0.25) is 24.1 Å². The lowest BCUT2D eigenvalue weighted by Crippen LogP contribution is -2.52. The molecule has 3 atom stereocenters. The number of hydrogen-bond acceptors (Lipinski definition) is 6. The summed E-state index contributed by atoms with van der Waals surface area (Å²) in [6, 6.07) is 6.62. The second-order valence-corrected chi connectivity index (χ2v) is 9.41. The largest absolute Gasteiger partial charge is 0.465 e. The predicted molar refractivity (Wildman–Crippen MR) is 122 cm³/mol. The molecule has 1 aromatic carbocycles. The smallest absolute Gasteiger partial charge is 0.326 e. The zero-order chi connectivity index (χ0) is 23.1. The second-order valence-electron chi connectivity index (χ2n) is 8.09. The predicted octanol–water partition coefficient (Wildman–Crippen LogP) is 2.95. The molecule has 0 spiro atoms. The van der Waals surface area contributed by atoms with Gasteiger partial charge in [-0.05, 0) is 43.2 Å². The van der Waals surface area contributed by atoms with Crippen LogP contribution in [0.1, 0.15) is 46.6 Å². The minimum absolute atomic E-state index is 0.0531. The van der Waals surface area contributed by atoms with Crippen LogP contribution >= 0.6 is 11.8 Å². The van der Waals surface area contributed by atoms with Gasteiger partial charge in [0, 0.05) is 12.6 Å². The molecule has 2 rings (SSSR count). The van der Waals surface area contributed by atoms with Gasteiger partial charge < -0.3 is 10.1 Å². The fourth-order valence-electron chi connectivity index (χ4n) is 3.53. The molecule has 0 radical (unpaired) electrons. The molecule has 0 bridgehead atoms. The molecule has 0 aromatic heterocycles. The third-order valence-corrected chi connectivity index (χ3v) is 6.77. The molecule has 8 heteroatoms. The van der Waals surface area contributed by atoms with Gasteiger partial charge in [-0.2, -0.15) is 0 Å². The zero-order valence-corrected chi connectivity index (χ0v) is 19.7. The standard InChI is InChI=1S/C23H32N2O5S/c1-6-30-20(27)13-25-19-10-8-7-9-17(19)11-12-18(23(25)29)24-22(28)21(31-16(5)26)15(4)14(2)3/h7-10,14-15,18,21H,6,11-13H2,1-5H3,(H,24,28)/t15-,18-,21-/m0/s1. The van der Waals surface area contributed by atoms with Crippen LogP contribution in [-0.2, 0) is 30.3 Å². The van der Waals surface area contributed by atoms with Crippen LogP contribution in [0.15, 0.2) is 24.3 Å². The summed E-state index contributed by atoms with van der Waals surface area (Å²) in [6.07, 6.45) is 0.991. The van der Waals surface area contributed by atoms with Crippen molar-refractivity contribution in [2.45, 2.75) is 58.8 Å². The molecule has 0 saturated carbocycles. The maximum atomic E-state index is 13.4. The highest BCUT2D eigenvalue weighted by molar-refractivity contribution is 8.14. The number of carbonyl (C=O) groups excluding carboxylic acids is 4. The number of carbonyl (C=O) groups is 4. The summed E-state index contributed by atoms with van der Waals surface area (Å²) in [6.45, 7) is 9.08. The monoisotopic (exact) mass is 448 g/mol. The van der Waals surface area contributed by atoms with Crippen LogP contribution in [0.4, 0.5) is 5.69 Å². The van der Waals surface area contributed by atoms with E-state index >= 15 is 0 Å². The van der Waals surface area contributed by atoms with Crippen LogP contribution < -0.4 is 10.2 Å². The highest BCUT2D eigenvalue weighted by Crippen LogP contribution is 2.29. The van der Waals surface area contributed by atoms with Crippen molar-refractivity contribution in [1.29, 1.82) is 0 Å². The van der Waals surface area contributed by atoms with Crippen LogP contribution in [0.25, 0.3) is 0 Å². The van der Waals surface area contributed by atoms with Crippen LogP contribution in [0, 0.1) is 11.8 Å². The fraction of sp³-hybridized carbons (Fsp3) is 0.565. The Labute approximate surface area is 188 Å². The third kappa shape index (κ3) is 6.56. The van der Waals surface area contributed by atoms with Crippen LogP contribution in [0.3, 0.4) is 0 Å². The van der Waals surface area contributed by atoms with E-state index in [4.69, 9.17) is 4.74 Å². The Morgan fingerprint density at radius 2 is 1.90 bits per heavy atom. The van der Waals surface area contributed by atoms with Crippen molar-refractivity contribution >= 4 is 40.3 Å². The van der Waals surface area contributed by atoms with E-state index in [-0.39, 0.29) is 41.9 Å². The molecule has 170 valence electrons. The van der Waals surface area contributed by atoms with Gasteiger partial charge in [0.05, 0.1) is 11.9 Å². The van der Waals surface area contributed by atoms with Gasteiger partial charge in [0.25, 0.3) is 0 Å². The summed E-state index contributed by atoms with van der Waals surface area (Å²) in [5.74, 6) is -1.05. The van der Waals surface area contributed by atoms with E-state index in [9.17, 15) is 19.2 Å². The van der Waals surface area contributed by atoms with Gasteiger partial charge >= 0.3 is 5.97 Å². The van der Waals surface area contributed by atoms with Crippen molar-refractivity contribution < 1.29 is 23.9 Å². The molecule has 0 fully saturated rings. The summed E-state index contributed by atoms with van der Waals surface area (Å²) in [5, 5.41) is 2.13. The van der Waals surface area contributed by atoms with Crippen LogP contribution in [-0.4, -0.2) is 47.3 Å². The Morgan fingerprint density at radius 3 is 2.52 bits per heavy atom. The number of nitrogens with zero attached hydrogens (tertiary/aromatic N) is 1. The van der Waals surface area contributed by atoms with Gasteiger partial charge in [-0.1, -0.05) is 50.7 Å². The second kappa shape index (κ2) is 11.3. The number of anilines is 1. The number of hydrogen-bond donors (Lipinski definition) is 1. The number of aryl methyl sites for hydroxylation is 1. The highest BCUT2D eigenvalue weighted by Gasteiger charge is 2.36. The van der Waals surface area contributed by atoms with Gasteiger partial charge in [-0.25, -0.2) is 0 Å². The number of rotatable bonds is 8. The number of ether oxygens (including phenoxy) is 1. The Balaban J connectivity index is 2.28. The molecule has 0 aliphatic carbocycles. The lowest BCUT2D eigenvalue weighted by atomic mass is 9.93.